The second-order valence-electron chi connectivity index (χ2n) is 10.6. The third kappa shape index (κ3) is 8.07. The van der Waals surface area contributed by atoms with Gasteiger partial charge in [-0.1, -0.05) is 56.3 Å². The van der Waals surface area contributed by atoms with E-state index in [9.17, 15) is 14.4 Å². The molecule has 7 heteroatoms. The lowest BCUT2D eigenvalue weighted by molar-refractivity contribution is -0.225. The average molecular weight is 510 g/mol. The predicted molar refractivity (Wildman–Crippen MR) is 144 cm³/mol. The monoisotopic (exact) mass is 509 g/mol. The van der Waals surface area contributed by atoms with Crippen molar-refractivity contribution in [3.05, 3.63) is 64.5 Å². The van der Waals surface area contributed by atoms with Crippen molar-refractivity contribution in [1.82, 2.24) is 5.06 Å². The molecule has 2 aromatic rings. The van der Waals surface area contributed by atoms with Gasteiger partial charge in [0.05, 0.1) is 18.6 Å². The van der Waals surface area contributed by atoms with E-state index in [0.717, 1.165) is 16.0 Å². The number of nitrogens with zero attached hydrogens (tertiary/aromatic N) is 1. The molecular weight excluding hydrogens is 474 g/mol. The average Bonchev–Trinajstić information content (AvgIpc) is 2.79. The lowest BCUT2D eigenvalue weighted by atomic mass is 9.96. The van der Waals surface area contributed by atoms with Crippen LogP contribution in [0, 0.1) is 0 Å². The molecule has 0 aliphatic heterocycles. The molecule has 0 heterocycles. The largest absolute Gasteiger partial charge is 0.426 e. The van der Waals surface area contributed by atoms with E-state index in [1.165, 1.54) is 5.06 Å². The molecule has 6 nitrogen and oxygen atoms in total. The minimum absolute atomic E-state index is 0.189. The number of hydrogen-bond acceptors (Lipinski definition) is 6. The Bertz CT molecular complexity index is 1240. The molecule has 0 aromatic heterocycles. The van der Waals surface area contributed by atoms with Crippen molar-refractivity contribution in [2.75, 3.05) is 6.54 Å². The fourth-order valence-electron chi connectivity index (χ4n) is 3.93. The van der Waals surface area contributed by atoms with Gasteiger partial charge in [0.2, 0.25) is 5.78 Å². The van der Waals surface area contributed by atoms with Crippen LogP contribution in [0.2, 0.25) is 0 Å². The molecule has 3 rings (SSSR count). The number of hydroxylamine groups is 2. The van der Waals surface area contributed by atoms with Crippen molar-refractivity contribution >= 4 is 41.9 Å². The number of carbonyl (C=O) groups is 3. The van der Waals surface area contributed by atoms with E-state index in [1.54, 1.807) is 12.1 Å². The van der Waals surface area contributed by atoms with Gasteiger partial charge in [-0.25, -0.2) is 5.06 Å². The van der Waals surface area contributed by atoms with Crippen LogP contribution < -0.4 is 15.2 Å². The third-order valence-corrected chi connectivity index (χ3v) is 5.62. The maximum Gasteiger partial charge on any atom is 0.318 e. The highest BCUT2D eigenvalue weighted by Crippen LogP contribution is 2.21. The number of hydrogen-bond donors (Lipinski definition) is 1. The van der Waals surface area contributed by atoms with E-state index in [0.29, 0.717) is 30.6 Å². The van der Waals surface area contributed by atoms with Gasteiger partial charge in [-0.15, -0.1) is 0 Å². The van der Waals surface area contributed by atoms with Crippen LogP contribution in [0.4, 0.5) is 0 Å². The minimum atomic E-state index is -0.670. The van der Waals surface area contributed by atoms with Crippen molar-refractivity contribution in [2.24, 2.45) is 0 Å². The van der Waals surface area contributed by atoms with Crippen molar-refractivity contribution in [2.45, 2.75) is 70.7 Å². The molecule has 0 saturated carbocycles. The zero-order chi connectivity index (χ0) is 26.5. The smallest absolute Gasteiger partial charge is 0.318 e. The molecule has 0 atom stereocenters. The molecule has 0 saturated heterocycles. The zero-order valence-corrected chi connectivity index (χ0v) is 22.6. The van der Waals surface area contributed by atoms with Crippen molar-refractivity contribution < 1.29 is 24.0 Å². The molecule has 0 spiro atoms. The number of fused-ring (bicyclic) bond motifs is 1. The Morgan fingerprint density at radius 1 is 0.972 bits per heavy atom. The van der Waals surface area contributed by atoms with E-state index in [2.05, 4.69) is 18.7 Å². The second kappa shape index (κ2) is 11.4. The summed E-state index contributed by atoms with van der Waals surface area (Å²) >= 11 is 4.36. The van der Waals surface area contributed by atoms with Crippen LogP contribution >= 0.6 is 12.6 Å². The number of benzene rings is 2. The topological polar surface area (TPSA) is 72.9 Å². The lowest BCUT2D eigenvalue weighted by Gasteiger charge is -2.29. The van der Waals surface area contributed by atoms with Gasteiger partial charge in [0, 0.05) is 10.3 Å². The number of thiol groups is 1. The first-order valence-electron chi connectivity index (χ1n) is 12.2. The van der Waals surface area contributed by atoms with Gasteiger partial charge >= 0.3 is 11.9 Å². The van der Waals surface area contributed by atoms with Gasteiger partial charge in [0.15, 0.2) is 0 Å². The number of ketones is 1. The van der Waals surface area contributed by atoms with Crippen LogP contribution in [0.1, 0.15) is 59.4 Å². The summed E-state index contributed by atoms with van der Waals surface area (Å²) < 4.78 is 4.92. The Labute approximate surface area is 218 Å². The molecule has 192 valence electrons. The molecule has 0 unspecified atom stereocenters. The summed E-state index contributed by atoms with van der Waals surface area (Å²) in [6.45, 7) is 9.42. The molecule has 1 aliphatic carbocycles. The SMILES string of the molecule is CC(C)(S)CC(=O)Oc1ccc(CCN(OC(C)(C)C)C(=O)C(=O)C2=c3ccccc3=CCC2)cc1. The number of ether oxygens (including phenoxy) is 1. The Kier molecular flexibility index (Phi) is 8.80. The second-order valence-corrected chi connectivity index (χ2v) is 11.8. The Hall–Kier alpha value is -2.90. The summed E-state index contributed by atoms with van der Waals surface area (Å²) in [4.78, 5) is 44.5. The summed E-state index contributed by atoms with van der Waals surface area (Å²) in [7, 11) is 0. The first-order chi connectivity index (χ1) is 16.8. The summed E-state index contributed by atoms with van der Waals surface area (Å²) in [5, 5.41) is 2.96. The van der Waals surface area contributed by atoms with E-state index < -0.39 is 22.0 Å². The predicted octanol–water partition coefficient (Wildman–Crippen LogP) is 3.79. The van der Waals surface area contributed by atoms with Gasteiger partial charge < -0.3 is 4.74 Å². The van der Waals surface area contributed by atoms with Crippen LogP contribution in [-0.2, 0) is 25.6 Å². The molecule has 36 heavy (non-hydrogen) atoms. The molecule has 0 radical (unpaired) electrons. The highest BCUT2D eigenvalue weighted by atomic mass is 32.1. The highest BCUT2D eigenvalue weighted by molar-refractivity contribution is 7.81. The summed E-state index contributed by atoms with van der Waals surface area (Å²) in [5.74, 6) is -1.11. The van der Waals surface area contributed by atoms with Crippen molar-refractivity contribution in [3.8, 4) is 5.75 Å². The molecular formula is C29H35NO5S. The molecule has 0 bridgehead atoms. The number of rotatable bonds is 9. The maximum atomic E-state index is 13.3. The Morgan fingerprint density at radius 2 is 1.64 bits per heavy atom. The standard InChI is InChI=1S/C29H35NO5S/c1-28(2,3)35-30(27(33)26(32)24-12-8-10-21-9-6-7-11-23(21)24)18-17-20-13-15-22(16-14-20)34-25(31)19-29(4,5)36/h6-7,9-11,13-16,36H,8,12,17-19H2,1-5H3. The molecule has 1 amide bonds. The van der Waals surface area contributed by atoms with E-state index >= 15 is 0 Å². The summed E-state index contributed by atoms with van der Waals surface area (Å²) in [5.41, 5.74) is 0.783. The molecule has 0 N–H and O–H groups in total. The van der Waals surface area contributed by atoms with Gasteiger partial charge in [-0.05, 0) is 68.2 Å². The fourth-order valence-corrected chi connectivity index (χ4v) is 4.06. The van der Waals surface area contributed by atoms with Gasteiger partial charge in [-0.2, -0.15) is 12.6 Å². The Morgan fingerprint density at radius 3 is 2.28 bits per heavy atom. The van der Waals surface area contributed by atoms with Gasteiger partial charge in [0.25, 0.3) is 0 Å². The van der Waals surface area contributed by atoms with E-state index in [-0.39, 0.29) is 18.9 Å². The zero-order valence-electron chi connectivity index (χ0n) is 21.7. The highest BCUT2D eigenvalue weighted by Gasteiger charge is 2.30. The van der Waals surface area contributed by atoms with Crippen LogP contribution in [0.3, 0.4) is 0 Å². The Balaban J connectivity index is 1.72. The number of Topliss-reactive ketones (excluding diaryl/α,β-unsaturated/α-hetero) is 1. The fraction of sp³-hybridized carbons (Fsp3) is 0.414. The van der Waals surface area contributed by atoms with Crippen LogP contribution in [0.25, 0.3) is 11.6 Å². The summed E-state index contributed by atoms with van der Waals surface area (Å²) in [6, 6.07) is 14.7. The molecule has 0 fully saturated rings. The number of amides is 1. The summed E-state index contributed by atoms with van der Waals surface area (Å²) in [6.07, 6.45) is 3.98. The third-order valence-electron chi connectivity index (χ3n) is 5.46. The lowest BCUT2D eigenvalue weighted by Crippen LogP contribution is -2.45. The number of carbonyl (C=O) groups excluding carboxylic acids is 3. The van der Waals surface area contributed by atoms with Gasteiger partial charge in [-0.3, -0.25) is 19.2 Å². The molecule has 2 aromatic carbocycles. The normalized spacial score (nSPS) is 13.4. The van der Waals surface area contributed by atoms with Crippen molar-refractivity contribution in [1.29, 1.82) is 0 Å². The van der Waals surface area contributed by atoms with Crippen LogP contribution in [0.5, 0.6) is 5.75 Å². The van der Waals surface area contributed by atoms with Crippen molar-refractivity contribution in [3.63, 3.8) is 0 Å². The van der Waals surface area contributed by atoms with E-state index in [1.807, 2.05) is 71.0 Å². The maximum absolute atomic E-state index is 13.3. The van der Waals surface area contributed by atoms with E-state index in [4.69, 9.17) is 9.57 Å². The van der Waals surface area contributed by atoms with Crippen LogP contribution in [0.15, 0.2) is 48.5 Å². The van der Waals surface area contributed by atoms with Crippen LogP contribution in [-0.4, -0.2) is 39.6 Å². The van der Waals surface area contributed by atoms with Gasteiger partial charge in [0.1, 0.15) is 5.75 Å². The first kappa shape index (κ1) is 27.7. The quantitative estimate of drug-likeness (QED) is 0.183. The molecule has 1 aliphatic rings. The first-order valence-corrected chi connectivity index (χ1v) is 12.6. The number of esters is 1. The minimum Gasteiger partial charge on any atom is -0.426 e.